The van der Waals surface area contributed by atoms with Crippen LogP contribution in [0.4, 0.5) is 5.69 Å². The predicted octanol–water partition coefficient (Wildman–Crippen LogP) is 2.96. The normalized spacial score (nSPS) is 10.2. The second-order valence-corrected chi connectivity index (χ2v) is 5.22. The molecule has 0 aliphatic heterocycles. The van der Waals surface area contributed by atoms with E-state index in [2.05, 4.69) is 31.5 Å². The number of pyridine rings is 1. The molecule has 0 bridgehead atoms. The maximum Gasteiger partial charge on any atom is 0.225 e. The molecule has 0 saturated carbocycles. The molecule has 1 aromatic carbocycles. The minimum atomic E-state index is 0.000781. The smallest absolute Gasteiger partial charge is 0.225 e. The van der Waals surface area contributed by atoms with Crippen molar-refractivity contribution < 1.29 is 4.79 Å². The number of nitrogens with one attached hydrogen (secondary N) is 2. The molecule has 0 fully saturated rings. The molecule has 1 aromatic heterocycles. The largest absolute Gasteiger partial charge is 0.326 e. The maximum absolute atomic E-state index is 11.7. The van der Waals surface area contributed by atoms with Gasteiger partial charge in [-0.15, -0.1) is 0 Å². The SMILES string of the molecule is O=C(CCNCc1ccccn1)Nc1ccc(Br)cc1. The molecule has 4 nitrogen and oxygen atoms in total. The minimum absolute atomic E-state index is 0.000781. The molecule has 2 rings (SSSR count). The number of hydrogen-bond acceptors (Lipinski definition) is 3. The van der Waals surface area contributed by atoms with E-state index >= 15 is 0 Å². The van der Waals surface area contributed by atoms with E-state index in [1.807, 2.05) is 42.5 Å². The lowest BCUT2D eigenvalue weighted by Gasteiger charge is -2.06. The quantitative estimate of drug-likeness (QED) is 0.799. The Hall–Kier alpha value is -1.72. The second kappa shape index (κ2) is 7.77. The van der Waals surface area contributed by atoms with E-state index in [0.29, 0.717) is 19.5 Å². The van der Waals surface area contributed by atoms with Gasteiger partial charge in [0.15, 0.2) is 0 Å². The monoisotopic (exact) mass is 333 g/mol. The third kappa shape index (κ3) is 5.11. The molecule has 0 saturated heterocycles. The van der Waals surface area contributed by atoms with Gasteiger partial charge >= 0.3 is 0 Å². The van der Waals surface area contributed by atoms with Crippen LogP contribution in [0.15, 0.2) is 53.1 Å². The van der Waals surface area contributed by atoms with E-state index in [9.17, 15) is 4.79 Å². The van der Waals surface area contributed by atoms with E-state index in [0.717, 1.165) is 15.9 Å². The first-order chi connectivity index (χ1) is 9.74. The highest BCUT2D eigenvalue weighted by Gasteiger charge is 2.02. The van der Waals surface area contributed by atoms with Crippen LogP contribution in [-0.4, -0.2) is 17.4 Å². The highest BCUT2D eigenvalue weighted by molar-refractivity contribution is 9.10. The van der Waals surface area contributed by atoms with Crippen molar-refractivity contribution in [1.82, 2.24) is 10.3 Å². The Morgan fingerprint density at radius 1 is 1.15 bits per heavy atom. The van der Waals surface area contributed by atoms with Crippen molar-refractivity contribution >= 4 is 27.5 Å². The van der Waals surface area contributed by atoms with Crippen LogP contribution in [0.5, 0.6) is 0 Å². The molecule has 0 radical (unpaired) electrons. The molecule has 0 spiro atoms. The molecule has 104 valence electrons. The number of carbonyl (C=O) groups excluding carboxylic acids is 1. The summed E-state index contributed by atoms with van der Waals surface area (Å²) in [7, 11) is 0. The Balaban J connectivity index is 1.66. The predicted molar refractivity (Wildman–Crippen MR) is 83.3 cm³/mol. The summed E-state index contributed by atoms with van der Waals surface area (Å²) >= 11 is 3.36. The first-order valence-corrected chi connectivity index (χ1v) is 7.19. The van der Waals surface area contributed by atoms with Gasteiger partial charge in [-0.3, -0.25) is 9.78 Å². The molecular weight excluding hydrogens is 318 g/mol. The second-order valence-electron chi connectivity index (χ2n) is 4.30. The first kappa shape index (κ1) is 14.7. The van der Waals surface area contributed by atoms with Crippen LogP contribution in [-0.2, 0) is 11.3 Å². The lowest BCUT2D eigenvalue weighted by molar-refractivity contribution is -0.116. The first-order valence-electron chi connectivity index (χ1n) is 6.40. The number of benzene rings is 1. The van der Waals surface area contributed by atoms with Gasteiger partial charge in [0.25, 0.3) is 0 Å². The zero-order valence-corrected chi connectivity index (χ0v) is 12.6. The minimum Gasteiger partial charge on any atom is -0.326 e. The number of amides is 1. The summed E-state index contributed by atoms with van der Waals surface area (Å²) in [4.78, 5) is 15.9. The van der Waals surface area contributed by atoms with Crippen LogP contribution >= 0.6 is 15.9 Å². The number of carbonyl (C=O) groups is 1. The molecule has 0 aliphatic rings. The topological polar surface area (TPSA) is 54.0 Å². The Labute approximate surface area is 126 Å². The number of hydrogen-bond donors (Lipinski definition) is 2. The number of aromatic nitrogens is 1. The van der Waals surface area contributed by atoms with Crippen LogP contribution in [0.3, 0.4) is 0 Å². The summed E-state index contributed by atoms with van der Waals surface area (Å²) in [5.41, 5.74) is 1.78. The maximum atomic E-state index is 11.7. The van der Waals surface area contributed by atoms with Crippen molar-refractivity contribution in [1.29, 1.82) is 0 Å². The van der Waals surface area contributed by atoms with Crippen molar-refractivity contribution in [3.05, 3.63) is 58.8 Å². The van der Waals surface area contributed by atoms with Crippen LogP contribution in [0.1, 0.15) is 12.1 Å². The van der Waals surface area contributed by atoms with Gasteiger partial charge in [-0.1, -0.05) is 22.0 Å². The molecule has 1 amide bonds. The van der Waals surface area contributed by atoms with Gasteiger partial charge in [0.2, 0.25) is 5.91 Å². The molecular formula is C15H16BrN3O. The Bertz CT molecular complexity index is 543. The fraction of sp³-hybridized carbons (Fsp3) is 0.200. The van der Waals surface area contributed by atoms with Crippen molar-refractivity contribution in [3.8, 4) is 0 Å². The number of rotatable bonds is 6. The molecule has 1 heterocycles. The van der Waals surface area contributed by atoms with E-state index in [1.165, 1.54) is 0 Å². The summed E-state index contributed by atoms with van der Waals surface area (Å²) in [6.45, 7) is 1.30. The van der Waals surface area contributed by atoms with Gasteiger partial charge in [0, 0.05) is 35.9 Å². The standard InChI is InChI=1S/C15H16BrN3O/c16-12-4-6-13(7-5-12)19-15(20)8-10-17-11-14-3-1-2-9-18-14/h1-7,9,17H,8,10-11H2,(H,19,20). The van der Waals surface area contributed by atoms with Gasteiger partial charge in [-0.2, -0.15) is 0 Å². The molecule has 0 aliphatic carbocycles. The van der Waals surface area contributed by atoms with E-state index in [4.69, 9.17) is 0 Å². The van der Waals surface area contributed by atoms with E-state index in [-0.39, 0.29) is 5.91 Å². The number of anilines is 1. The highest BCUT2D eigenvalue weighted by Crippen LogP contribution is 2.14. The van der Waals surface area contributed by atoms with Gasteiger partial charge in [0.1, 0.15) is 0 Å². The number of nitrogens with zero attached hydrogens (tertiary/aromatic N) is 1. The zero-order chi connectivity index (χ0) is 14.2. The highest BCUT2D eigenvalue weighted by atomic mass is 79.9. The molecule has 0 unspecified atom stereocenters. The summed E-state index contributed by atoms with van der Waals surface area (Å²) in [6, 6.07) is 13.3. The summed E-state index contributed by atoms with van der Waals surface area (Å²) < 4.78 is 0.993. The molecule has 20 heavy (non-hydrogen) atoms. The van der Waals surface area contributed by atoms with E-state index < -0.39 is 0 Å². The van der Waals surface area contributed by atoms with E-state index in [1.54, 1.807) is 6.20 Å². The lowest BCUT2D eigenvalue weighted by Crippen LogP contribution is -2.21. The fourth-order valence-electron chi connectivity index (χ4n) is 1.68. The third-order valence-corrected chi connectivity index (χ3v) is 3.22. The molecule has 2 aromatic rings. The Morgan fingerprint density at radius 3 is 2.65 bits per heavy atom. The average molecular weight is 334 g/mol. The molecule has 5 heteroatoms. The number of halogens is 1. The molecule has 0 atom stereocenters. The van der Waals surface area contributed by atoms with Crippen LogP contribution in [0.25, 0.3) is 0 Å². The zero-order valence-electron chi connectivity index (χ0n) is 11.0. The molecule has 2 N–H and O–H groups in total. The summed E-state index contributed by atoms with van der Waals surface area (Å²) in [5.74, 6) is 0.000781. The lowest BCUT2D eigenvalue weighted by atomic mass is 10.3. The van der Waals surface area contributed by atoms with Crippen LogP contribution < -0.4 is 10.6 Å². The van der Waals surface area contributed by atoms with Crippen LogP contribution in [0.2, 0.25) is 0 Å². The van der Waals surface area contributed by atoms with Crippen molar-refractivity contribution in [3.63, 3.8) is 0 Å². The fourth-order valence-corrected chi connectivity index (χ4v) is 1.94. The van der Waals surface area contributed by atoms with Crippen molar-refractivity contribution in [2.24, 2.45) is 0 Å². The summed E-state index contributed by atoms with van der Waals surface area (Å²) in [6.07, 6.45) is 2.19. The van der Waals surface area contributed by atoms with Gasteiger partial charge in [0.05, 0.1) is 5.69 Å². The van der Waals surface area contributed by atoms with Crippen LogP contribution in [0, 0.1) is 0 Å². The Kier molecular flexibility index (Phi) is 5.70. The van der Waals surface area contributed by atoms with Gasteiger partial charge in [-0.25, -0.2) is 0 Å². The van der Waals surface area contributed by atoms with Gasteiger partial charge in [-0.05, 0) is 36.4 Å². The summed E-state index contributed by atoms with van der Waals surface area (Å²) in [5, 5.41) is 6.05. The van der Waals surface area contributed by atoms with Crippen molar-refractivity contribution in [2.45, 2.75) is 13.0 Å². The van der Waals surface area contributed by atoms with Gasteiger partial charge < -0.3 is 10.6 Å². The Morgan fingerprint density at radius 2 is 1.95 bits per heavy atom. The average Bonchev–Trinajstić information content (AvgIpc) is 2.47. The van der Waals surface area contributed by atoms with Crippen molar-refractivity contribution in [2.75, 3.05) is 11.9 Å². The third-order valence-electron chi connectivity index (χ3n) is 2.69.